The second-order valence-corrected chi connectivity index (χ2v) is 21.0. The highest BCUT2D eigenvalue weighted by Gasteiger charge is 2.38. The van der Waals surface area contributed by atoms with Crippen LogP contribution in [0.15, 0.2) is 243 Å². The number of nitrogens with zero attached hydrogens (tertiary/aromatic N) is 2. The summed E-state index contributed by atoms with van der Waals surface area (Å²) in [4.78, 5) is 4.82. The molecule has 0 aromatic heterocycles. The lowest BCUT2D eigenvalue weighted by molar-refractivity contribution is 0.660. The van der Waals surface area contributed by atoms with Gasteiger partial charge in [0.15, 0.2) is 0 Å². The van der Waals surface area contributed by atoms with Gasteiger partial charge in [-0.2, -0.15) is 0 Å². The van der Waals surface area contributed by atoms with Crippen molar-refractivity contribution < 1.29 is 0 Å². The first-order chi connectivity index (χ1) is 36.2. The zero-order valence-electron chi connectivity index (χ0n) is 42.3. The fraction of sp³-hybridized carbons (Fsp3) is 0.0833. The smallest absolute Gasteiger partial charge is 0.0540 e. The van der Waals surface area contributed by atoms with Crippen molar-refractivity contribution in [2.75, 3.05) is 9.80 Å². The molecule has 0 fully saturated rings. The van der Waals surface area contributed by atoms with Crippen molar-refractivity contribution >= 4 is 80.0 Å². The Bertz CT molecular complexity index is 3880. The molecule has 2 aliphatic rings. The summed E-state index contributed by atoms with van der Waals surface area (Å²) in [6, 6.07) is 89.0. The molecule has 0 heterocycles. The zero-order chi connectivity index (χ0) is 50.0. The summed E-state index contributed by atoms with van der Waals surface area (Å²) in [7, 11) is 0. The van der Waals surface area contributed by atoms with Crippen LogP contribution in [0.4, 0.5) is 34.1 Å². The maximum atomic E-state index is 2.47. The molecule has 0 amide bonds. The highest BCUT2D eigenvalue weighted by molar-refractivity contribution is 6.05. The standard InChI is InChI=1S/C72H56N2/c1-71(2)65-45-51(37-41-61(65)63-43-39-57(47-67(63)71)73(55-21-7-5-8-22-55)56-23-9-6-10-24-56)35-33-49-29-31-50(32-30-49)34-36-52-38-42-62-64-44-40-58(48-68(64)72(3,4)66(62)46-52)74(69-27-15-19-53-17-11-13-25-59(53)69)70-28-16-20-54-18-12-14-26-60(54)70/h5-48H,1-4H3/b35-33+,36-34+. The van der Waals surface area contributed by atoms with Crippen molar-refractivity contribution in [3.63, 3.8) is 0 Å². The van der Waals surface area contributed by atoms with Gasteiger partial charge < -0.3 is 9.80 Å². The molecule has 0 saturated carbocycles. The molecule has 2 aliphatic carbocycles. The third kappa shape index (κ3) is 7.74. The second kappa shape index (κ2) is 17.9. The lowest BCUT2D eigenvalue weighted by Crippen LogP contribution is -2.17. The van der Waals surface area contributed by atoms with E-state index in [1.54, 1.807) is 0 Å². The predicted octanol–water partition coefficient (Wildman–Crippen LogP) is 19.9. The molecule has 0 radical (unpaired) electrons. The van der Waals surface area contributed by atoms with E-state index >= 15 is 0 Å². The normalized spacial score (nSPS) is 13.8. The van der Waals surface area contributed by atoms with Crippen LogP contribution in [-0.4, -0.2) is 0 Å². The van der Waals surface area contributed by atoms with Crippen molar-refractivity contribution in [3.8, 4) is 22.3 Å². The topological polar surface area (TPSA) is 6.48 Å². The Morgan fingerprint density at radius 1 is 0.270 bits per heavy atom. The van der Waals surface area contributed by atoms with E-state index in [0.717, 1.165) is 22.7 Å². The predicted molar refractivity (Wildman–Crippen MR) is 317 cm³/mol. The number of rotatable bonds is 10. The average Bonchev–Trinajstić information content (AvgIpc) is 3.83. The molecule has 2 nitrogen and oxygen atoms in total. The van der Waals surface area contributed by atoms with Gasteiger partial charge in [0.2, 0.25) is 0 Å². The van der Waals surface area contributed by atoms with Crippen LogP contribution in [0.1, 0.15) is 72.2 Å². The molecule has 354 valence electrons. The molecule has 74 heavy (non-hydrogen) atoms. The third-order valence-electron chi connectivity index (χ3n) is 15.8. The molecule has 13 rings (SSSR count). The lowest BCUT2D eigenvalue weighted by atomic mass is 9.81. The number of hydrogen-bond donors (Lipinski definition) is 0. The van der Waals surface area contributed by atoms with E-state index in [1.165, 1.54) is 99.7 Å². The summed E-state index contributed by atoms with van der Waals surface area (Å²) in [5, 5.41) is 4.91. The number of hydrogen-bond acceptors (Lipinski definition) is 2. The van der Waals surface area contributed by atoms with Gasteiger partial charge in [0.05, 0.1) is 11.4 Å². The Labute approximate surface area is 435 Å². The van der Waals surface area contributed by atoms with Gasteiger partial charge in [-0.1, -0.05) is 234 Å². The molecule has 0 N–H and O–H groups in total. The van der Waals surface area contributed by atoms with E-state index in [2.05, 4.69) is 304 Å². The van der Waals surface area contributed by atoms with Crippen LogP contribution in [0.2, 0.25) is 0 Å². The first-order valence-corrected chi connectivity index (χ1v) is 25.9. The van der Waals surface area contributed by atoms with Gasteiger partial charge >= 0.3 is 0 Å². The quantitative estimate of drug-likeness (QED) is 0.126. The minimum absolute atomic E-state index is 0.154. The first kappa shape index (κ1) is 44.9. The Morgan fingerprint density at radius 3 is 1.05 bits per heavy atom. The van der Waals surface area contributed by atoms with Crippen molar-refractivity contribution in [1.29, 1.82) is 0 Å². The summed E-state index contributed by atoms with van der Waals surface area (Å²) in [6.07, 6.45) is 8.97. The SMILES string of the molecule is CC1(C)c2cc(/C=C/c3ccc(/C=C/c4ccc5c(c4)C(C)(C)c4cc(N(c6cccc7ccccc67)c6cccc7ccccc67)ccc4-5)cc3)ccc2-c2ccc(N(c3ccccc3)c3ccccc3)cc21. The molecule has 11 aromatic rings. The second-order valence-electron chi connectivity index (χ2n) is 21.0. The molecule has 11 aromatic carbocycles. The van der Waals surface area contributed by atoms with Gasteiger partial charge in [-0.15, -0.1) is 0 Å². The van der Waals surface area contributed by atoms with E-state index in [9.17, 15) is 0 Å². The fourth-order valence-electron chi connectivity index (χ4n) is 11.9. The van der Waals surface area contributed by atoms with Crippen LogP contribution in [-0.2, 0) is 10.8 Å². The molecule has 2 heteroatoms. The first-order valence-electron chi connectivity index (χ1n) is 25.9. The van der Waals surface area contributed by atoms with Crippen LogP contribution in [0.3, 0.4) is 0 Å². The Hall–Kier alpha value is -8.98. The number of fused-ring (bicyclic) bond motifs is 8. The molecule has 0 aliphatic heterocycles. The minimum atomic E-state index is -0.198. The van der Waals surface area contributed by atoms with E-state index in [0.29, 0.717) is 0 Å². The molecular formula is C72H56N2. The van der Waals surface area contributed by atoms with Gasteiger partial charge in [-0.3, -0.25) is 0 Å². The van der Waals surface area contributed by atoms with Crippen molar-refractivity contribution in [2.45, 2.75) is 38.5 Å². The van der Waals surface area contributed by atoms with Crippen molar-refractivity contribution in [3.05, 3.63) is 287 Å². The van der Waals surface area contributed by atoms with Crippen LogP contribution in [0.5, 0.6) is 0 Å². The molecule has 0 saturated heterocycles. The Balaban J connectivity index is 0.736. The minimum Gasteiger partial charge on any atom is -0.310 e. The van der Waals surface area contributed by atoms with Crippen LogP contribution >= 0.6 is 0 Å². The average molecular weight is 949 g/mol. The maximum absolute atomic E-state index is 2.47. The molecule has 0 unspecified atom stereocenters. The van der Waals surface area contributed by atoms with E-state index in [1.807, 2.05) is 0 Å². The van der Waals surface area contributed by atoms with Crippen LogP contribution in [0.25, 0.3) is 68.1 Å². The summed E-state index contributed by atoms with van der Waals surface area (Å²) >= 11 is 0. The Morgan fingerprint density at radius 2 is 0.608 bits per heavy atom. The molecule has 0 bridgehead atoms. The van der Waals surface area contributed by atoms with Gasteiger partial charge in [-0.05, 0) is 138 Å². The largest absolute Gasteiger partial charge is 0.310 e. The van der Waals surface area contributed by atoms with Gasteiger partial charge in [0.1, 0.15) is 0 Å². The molecular weight excluding hydrogens is 893 g/mol. The van der Waals surface area contributed by atoms with Gasteiger partial charge in [0.25, 0.3) is 0 Å². The number of benzene rings is 11. The van der Waals surface area contributed by atoms with Crippen LogP contribution < -0.4 is 9.80 Å². The van der Waals surface area contributed by atoms with E-state index in [-0.39, 0.29) is 10.8 Å². The van der Waals surface area contributed by atoms with Gasteiger partial charge in [-0.25, -0.2) is 0 Å². The number of para-hydroxylation sites is 2. The molecule has 0 atom stereocenters. The summed E-state index contributed by atoms with van der Waals surface area (Å²) in [5.41, 5.74) is 22.0. The van der Waals surface area contributed by atoms with Crippen molar-refractivity contribution in [1.82, 2.24) is 0 Å². The lowest BCUT2D eigenvalue weighted by Gasteiger charge is -2.30. The van der Waals surface area contributed by atoms with Crippen molar-refractivity contribution in [2.24, 2.45) is 0 Å². The zero-order valence-corrected chi connectivity index (χ0v) is 42.3. The van der Waals surface area contributed by atoms with E-state index < -0.39 is 0 Å². The summed E-state index contributed by atoms with van der Waals surface area (Å²) in [5.74, 6) is 0. The summed E-state index contributed by atoms with van der Waals surface area (Å²) in [6.45, 7) is 9.49. The monoisotopic (exact) mass is 948 g/mol. The van der Waals surface area contributed by atoms with Crippen LogP contribution in [0, 0.1) is 0 Å². The van der Waals surface area contributed by atoms with E-state index in [4.69, 9.17) is 0 Å². The Kier molecular flexibility index (Phi) is 10.9. The summed E-state index contributed by atoms with van der Waals surface area (Å²) < 4.78 is 0. The molecule has 0 spiro atoms. The number of anilines is 6. The van der Waals surface area contributed by atoms with Gasteiger partial charge in [0, 0.05) is 44.4 Å². The third-order valence-corrected chi connectivity index (χ3v) is 15.8. The fourth-order valence-corrected chi connectivity index (χ4v) is 11.9. The highest BCUT2D eigenvalue weighted by atomic mass is 15.1. The maximum Gasteiger partial charge on any atom is 0.0540 e. The highest BCUT2D eigenvalue weighted by Crippen LogP contribution is 2.53.